The fraction of sp³-hybridized carbons (Fsp3) is 0.417. The minimum atomic E-state index is -0.597. The monoisotopic (exact) mass is 254 g/mol. The zero-order chi connectivity index (χ0) is 13.5. The van der Waals surface area contributed by atoms with E-state index in [4.69, 9.17) is 4.74 Å². The third kappa shape index (κ3) is 2.01. The molecule has 0 saturated carbocycles. The molecule has 0 atom stereocenters. The lowest BCUT2D eigenvalue weighted by Crippen LogP contribution is -2.25. The lowest BCUT2D eigenvalue weighted by atomic mass is 9.98. The van der Waals surface area contributed by atoms with Crippen LogP contribution >= 0.6 is 0 Å². The van der Waals surface area contributed by atoms with Crippen molar-refractivity contribution in [1.29, 1.82) is 0 Å². The minimum Gasteiger partial charge on any atom is -0.424 e. The number of carbonyl (C=O) groups is 1. The molecular weight excluding hydrogens is 239 g/mol. The van der Waals surface area contributed by atoms with E-state index < -0.39 is 5.41 Å². The van der Waals surface area contributed by atoms with Gasteiger partial charge < -0.3 is 9.72 Å². The van der Waals surface area contributed by atoms with Crippen molar-refractivity contribution < 1.29 is 9.53 Å². The third-order valence-electron chi connectivity index (χ3n) is 2.60. The first-order valence-corrected chi connectivity index (χ1v) is 5.58. The molecule has 0 unspecified atom stereocenters. The lowest BCUT2D eigenvalue weighted by molar-refractivity contribution is -0.143. The fourth-order valence-corrected chi connectivity index (χ4v) is 1.50. The van der Waals surface area contributed by atoms with Crippen molar-refractivity contribution in [2.75, 3.05) is 0 Å². The van der Waals surface area contributed by atoms with Crippen molar-refractivity contribution in [2.45, 2.75) is 27.7 Å². The Kier molecular flexibility index (Phi) is 2.73. The molecule has 1 N–H and O–H groups in total. The number of aromatic nitrogens is 3. The number of H-pyrrole nitrogens is 1. The Bertz CT molecular complexity index is 661. The normalized spacial score (nSPS) is 11.8. The van der Waals surface area contributed by atoms with E-state index in [1.165, 1.54) is 17.0 Å². The molecule has 0 aliphatic carbocycles. The van der Waals surface area contributed by atoms with Crippen molar-refractivity contribution in [1.82, 2.24) is 14.6 Å². The molecule has 0 amide bonds. The van der Waals surface area contributed by atoms with Gasteiger partial charge in [0.15, 0.2) is 5.75 Å². The van der Waals surface area contributed by atoms with Gasteiger partial charge in [-0.1, -0.05) is 0 Å². The van der Waals surface area contributed by atoms with Crippen LogP contribution in [0.25, 0.3) is 5.52 Å². The summed E-state index contributed by atoms with van der Waals surface area (Å²) < 4.78 is 6.70. The highest BCUT2D eigenvalue weighted by molar-refractivity contribution is 5.79. The molecule has 2 rings (SSSR count). The second-order valence-corrected chi connectivity index (χ2v) is 5.17. The van der Waals surface area contributed by atoms with Crippen LogP contribution in [0.5, 0.6) is 5.75 Å². The highest BCUT2D eigenvalue weighted by atomic mass is 16.6. The fourth-order valence-electron chi connectivity index (χ4n) is 1.50. The van der Waals surface area contributed by atoms with Gasteiger partial charge in [0.2, 0.25) is 0 Å². The van der Waals surface area contributed by atoms with Crippen LogP contribution in [0.4, 0.5) is 0 Å². The van der Waals surface area contributed by atoms with Crippen LogP contribution < -0.4 is 10.3 Å². The molecule has 0 bridgehead atoms. The molecule has 0 fully saturated rings. The molecular formula is C12H15N3O3. The maximum atomic E-state index is 11.8. The number of hydrogen-bond donors (Lipinski definition) is 1. The molecule has 6 nitrogen and oxygen atoms in total. The Morgan fingerprint density at radius 3 is 2.67 bits per heavy atom. The van der Waals surface area contributed by atoms with Crippen molar-refractivity contribution in [3.05, 3.63) is 28.4 Å². The smallest absolute Gasteiger partial charge is 0.316 e. The van der Waals surface area contributed by atoms with E-state index in [2.05, 4.69) is 10.1 Å². The predicted molar refractivity (Wildman–Crippen MR) is 65.6 cm³/mol. The second kappa shape index (κ2) is 3.97. The molecule has 2 aromatic rings. The third-order valence-corrected chi connectivity index (χ3v) is 2.60. The summed E-state index contributed by atoms with van der Waals surface area (Å²) >= 11 is 0. The van der Waals surface area contributed by atoms with Crippen LogP contribution in [0.15, 0.2) is 17.3 Å². The topological polar surface area (TPSA) is 76.5 Å². The van der Waals surface area contributed by atoms with Crippen LogP contribution in [0.2, 0.25) is 0 Å². The van der Waals surface area contributed by atoms with E-state index in [0.29, 0.717) is 16.8 Å². The summed E-state index contributed by atoms with van der Waals surface area (Å²) in [5, 5.41) is 3.96. The zero-order valence-corrected chi connectivity index (χ0v) is 10.8. The van der Waals surface area contributed by atoms with Crippen molar-refractivity contribution in [3.8, 4) is 5.75 Å². The van der Waals surface area contributed by atoms with E-state index in [9.17, 15) is 9.59 Å². The summed E-state index contributed by atoms with van der Waals surface area (Å²) in [5.41, 5.74) is 0.122. The number of rotatable bonds is 1. The summed E-state index contributed by atoms with van der Waals surface area (Å²) in [5.74, 6) is 0.0112. The van der Waals surface area contributed by atoms with E-state index in [1.807, 2.05) is 0 Å². The first-order valence-electron chi connectivity index (χ1n) is 5.58. The first-order chi connectivity index (χ1) is 8.30. The SMILES string of the molecule is CC(C)(C)C(=O)O[13c]1c[15n]2nc[15nH]c(=O)c2[13c]1[13CH3]. The van der Waals surface area contributed by atoms with Crippen LogP contribution in [0.3, 0.4) is 0 Å². The maximum absolute atomic E-state index is 11.8. The quantitative estimate of drug-likeness (QED) is 0.614. The molecule has 0 aliphatic heterocycles. The highest BCUT2D eigenvalue weighted by Crippen LogP contribution is 2.25. The average molecular weight is 254 g/mol. The molecule has 2 heterocycles. The van der Waals surface area contributed by atoms with Crippen LogP contribution in [0.1, 0.15) is 26.3 Å². The largest absolute Gasteiger partial charge is 0.424 e. The summed E-state index contributed by atoms with van der Waals surface area (Å²) in [4.78, 5) is 25.9. The van der Waals surface area contributed by atoms with Gasteiger partial charge in [0.1, 0.15) is 11.8 Å². The highest BCUT2D eigenvalue weighted by Gasteiger charge is 2.25. The van der Waals surface area contributed by atoms with Gasteiger partial charge in [-0.2, -0.15) is 5.10 Å². The van der Waals surface area contributed by atoms with Crippen molar-refractivity contribution >= 4 is 11.5 Å². The van der Waals surface area contributed by atoms with E-state index >= 15 is 0 Å². The number of carbonyl (C=O) groups excluding carboxylic acids is 1. The molecule has 0 aromatic carbocycles. The Morgan fingerprint density at radius 1 is 1.44 bits per heavy atom. The van der Waals surface area contributed by atoms with Crippen molar-refractivity contribution in [3.63, 3.8) is 0 Å². The molecule has 2 aromatic heterocycles. The number of nitrogens with one attached hydrogen (secondary N) is 1. The van der Waals surface area contributed by atoms with E-state index in [0.717, 1.165) is 0 Å². The molecule has 0 aliphatic rings. The second-order valence-electron chi connectivity index (χ2n) is 5.17. The molecule has 18 heavy (non-hydrogen) atoms. The van der Waals surface area contributed by atoms with Gasteiger partial charge in [-0.05, 0) is 27.7 Å². The summed E-state index contributed by atoms with van der Waals surface area (Å²) in [6.45, 7) is 7.03. The molecule has 0 radical (unpaired) electrons. The standard InChI is InChI=1S/C12H15N3O3/c1-7-8(18-11(17)12(2,3)4)5-15-9(7)10(16)13-6-14-15/h5-6H,1-4H3,(H,13,14,16)/i1+1,7+1,8+1,13+1,15+1. The Balaban J connectivity index is 2.48. The molecule has 6 heteroatoms. The number of fused-ring (bicyclic) bond motifs is 1. The van der Waals surface area contributed by atoms with Crippen LogP contribution in [-0.4, -0.2) is 20.6 Å². The average Bonchev–Trinajstić information content (AvgIpc) is 2.56. The summed E-state index contributed by atoms with van der Waals surface area (Å²) in [6, 6.07) is 0. The number of hydrogen-bond acceptors (Lipinski definition) is 4. The minimum absolute atomic E-state index is 0.263. The molecule has 96 valence electrons. The van der Waals surface area contributed by atoms with Gasteiger partial charge in [-0.3, -0.25) is 9.59 Å². The number of esters is 1. The Labute approximate surface area is 104 Å². The van der Waals surface area contributed by atoms with E-state index in [1.54, 1.807) is 27.7 Å². The Morgan fingerprint density at radius 2 is 2.11 bits per heavy atom. The van der Waals surface area contributed by atoms with E-state index in [-0.39, 0.29) is 11.5 Å². The molecule has 0 spiro atoms. The van der Waals surface area contributed by atoms with Gasteiger partial charge in [-0.15, -0.1) is 0 Å². The Hall–Kier alpha value is -2.11. The number of ether oxygens (including phenoxy) is 1. The van der Waals surface area contributed by atoms with Crippen molar-refractivity contribution in [2.24, 2.45) is 5.41 Å². The lowest BCUT2D eigenvalue weighted by Gasteiger charge is -2.15. The number of nitrogens with zero attached hydrogens (tertiary/aromatic N) is 2. The van der Waals surface area contributed by atoms with Gasteiger partial charge in [-0.25, -0.2) is 4.52 Å². The van der Waals surface area contributed by atoms with Gasteiger partial charge >= 0.3 is 5.97 Å². The zero-order valence-electron chi connectivity index (χ0n) is 10.8. The van der Waals surface area contributed by atoms with Crippen LogP contribution in [-0.2, 0) is 4.79 Å². The maximum Gasteiger partial charge on any atom is 0.316 e. The number of aryl methyl sites for hydroxylation is 1. The summed E-state index contributed by atoms with van der Waals surface area (Å²) in [6.07, 6.45) is 2.83. The van der Waals surface area contributed by atoms with Gasteiger partial charge in [0.05, 0.1) is 11.6 Å². The molecule has 0 saturated heterocycles. The van der Waals surface area contributed by atoms with Crippen LogP contribution in [0, 0.1) is 12.3 Å². The number of aromatic amines is 1. The van der Waals surface area contributed by atoms with Gasteiger partial charge in [0.25, 0.3) is 5.56 Å². The van der Waals surface area contributed by atoms with Gasteiger partial charge in [0, 0.05) is 5.56 Å². The summed E-state index contributed by atoms with van der Waals surface area (Å²) in [7, 11) is 0. The predicted octanol–water partition coefficient (Wildman–Crippen LogP) is 1.28. The first kappa shape index (κ1) is 12.3.